The van der Waals surface area contributed by atoms with Gasteiger partial charge in [0, 0.05) is 37.4 Å². The van der Waals surface area contributed by atoms with Crippen molar-refractivity contribution in [2.45, 2.75) is 45.2 Å². The molecule has 1 aliphatic rings. The molecule has 0 unspecified atom stereocenters. The molecular formula is C18H23F2N3. The van der Waals surface area contributed by atoms with Gasteiger partial charge in [-0.25, -0.2) is 13.8 Å². The van der Waals surface area contributed by atoms with Gasteiger partial charge in [-0.05, 0) is 50.9 Å². The van der Waals surface area contributed by atoms with Crippen LogP contribution in [0.1, 0.15) is 50.0 Å². The Morgan fingerprint density at radius 3 is 2.83 bits per heavy atom. The smallest absolute Gasteiger partial charge is 0.159 e. The van der Waals surface area contributed by atoms with E-state index in [-0.39, 0.29) is 0 Å². The molecule has 0 radical (unpaired) electrons. The lowest BCUT2D eigenvalue weighted by Crippen LogP contribution is -2.35. The lowest BCUT2D eigenvalue weighted by molar-refractivity contribution is 0.193. The monoisotopic (exact) mass is 319 g/mol. The normalized spacial score (nSPS) is 19.4. The van der Waals surface area contributed by atoms with Crippen LogP contribution in [-0.4, -0.2) is 27.5 Å². The van der Waals surface area contributed by atoms with Crippen LogP contribution in [0, 0.1) is 11.6 Å². The van der Waals surface area contributed by atoms with Gasteiger partial charge in [0.15, 0.2) is 11.6 Å². The molecule has 1 atom stereocenters. The van der Waals surface area contributed by atoms with Crippen LogP contribution in [0.2, 0.25) is 0 Å². The molecule has 0 amide bonds. The summed E-state index contributed by atoms with van der Waals surface area (Å²) in [5, 5.41) is 0. The van der Waals surface area contributed by atoms with Crippen LogP contribution in [0.5, 0.6) is 0 Å². The highest BCUT2D eigenvalue weighted by Gasteiger charge is 2.25. The fourth-order valence-corrected chi connectivity index (χ4v) is 3.38. The Balaban J connectivity index is 1.70. The van der Waals surface area contributed by atoms with Gasteiger partial charge >= 0.3 is 0 Å². The van der Waals surface area contributed by atoms with Crippen molar-refractivity contribution in [1.82, 2.24) is 14.5 Å². The van der Waals surface area contributed by atoms with Gasteiger partial charge in [0.1, 0.15) is 5.82 Å². The first-order valence-electron chi connectivity index (χ1n) is 8.23. The topological polar surface area (TPSA) is 21.1 Å². The van der Waals surface area contributed by atoms with Gasteiger partial charge in [-0.2, -0.15) is 0 Å². The van der Waals surface area contributed by atoms with E-state index in [1.54, 1.807) is 6.07 Å². The summed E-state index contributed by atoms with van der Waals surface area (Å²) < 4.78 is 28.6. The van der Waals surface area contributed by atoms with E-state index in [4.69, 9.17) is 0 Å². The van der Waals surface area contributed by atoms with Gasteiger partial charge in [-0.15, -0.1) is 0 Å². The molecule has 1 aliphatic heterocycles. The van der Waals surface area contributed by atoms with Gasteiger partial charge in [0.2, 0.25) is 0 Å². The van der Waals surface area contributed by atoms with Crippen LogP contribution in [0.25, 0.3) is 0 Å². The van der Waals surface area contributed by atoms with Crippen LogP contribution >= 0.6 is 0 Å². The Morgan fingerprint density at radius 1 is 1.26 bits per heavy atom. The fraction of sp³-hybridized carbons (Fsp3) is 0.500. The molecule has 0 saturated carbocycles. The molecule has 2 heterocycles. The number of hydrogen-bond donors (Lipinski definition) is 0. The minimum Gasteiger partial charge on any atom is -0.332 e. The maximum Gasteiger partial charge on any atom is 0.159 e. The summed E-state index contributed by atoms with van der Waals surface area (Å²) in [6.45, 7) is 6.86. The summed E-state index contributed by atoms with van der Waals surface area (Å²) >= 11 is 0. The zero-order valence-electron chi connectivity index (χ0n) is 13.7. The van der Waals surface area contributed by atoms with Crippen LogP contribution in [0.3, 0.4) is 0 Å². The summed E-state index contributed by atoms with van der Waals surface area (Å²) in [6.07, 6.45) is 6.12. The first kappa shape index (κ1) is 16.1. The van der Waals surface area contributed by atoms with Crippen LogP contribution in [0.15, 0.2) is 30.6 Å². The van der Waals surface area contributed by atoms with Crippen LogP contribution < -0.4 is 0 Å². The average Bonchev–Trinajstić information content (AvgIpc) is 3.01. The van der Waals surface area contributed by atoms with E-state index in [1.165, 1.54) is 12.1 Å². The number of hydrogen-bond acceptors (Lipinski definition) is 2. The molecule has 3 rings (SSSR count). The maximum atomic E-state index is 13.4. The number of nitrogens with zero attached hydrogens (tertiary/aromatic N) is 3. The Labute approximate surface area is 135 Å². The van der Waals surface area contributed by atoms with Crippen molar-refractivity contribution < 1.29 is 8.78 Å². The number of aromatic nitrogens is 2. The van der Waals surface area contributed by atoms with Crippen LogP contribution in [-0.2, 0) is 6.54 Å². The lowest BCUT2D eigenvalue weighted by Gasteiger charge is -2.33. The number of imidazole rings is 1. The van der Waals surface area contributed by atoms with E-state index in [2.05, 4.69) is 28.3 Å². The molecule has 3 nitrogen and oxygen atoms in total. The molecule has 5 heteroatoms. The van der Waals surface area contributed by atoms with E-state index in [0.717, 1.165) is 37.3 Å². The van der Waals surface area contributed by atoms with Gasteiger partial charge in [-0.3, -0.25) is 4.90 Å². The van der Waals surface area contributed by atoms with Crippen molar-refractivity contribution in [3.05, 3.63) is 53.6 Å². The van der Waals surface area contributed by atoms with Crippen molar-refractivity contribution in [2.75, 3.05) is 13.1 Å². The largest absolute Gasteiger partial charge is 0.332 e. The highest BCUT2D eigenvalue weighted by Crippen LogP contribution is 2.28. The second-order valence-electron chi connectivity index (χ2n) is 6.61. The SMILES string of the molecule is CC(C)n1ccnc1[C@H]1CCCN(Cc2ccc(F)c(F)c2)C1. The molecular weight excluding hydrogens is 296 g/mol. The summed E-state index contributed by atoms with van der Waals surface area (Å²) in [5.74, 6) is -0.0305. The number of piperidine rings is 1. The summed E-state index contributed by atoms with van der Waals surface area (Å²) in [7, 11) is 0. The third kappa shape index (κ3) is 3.61. The second kappa shape index (κ2) is 6.79. The predicted octanol–water partition coefficient (Wildman–Crippen LogP) is 4.12. The Hall–Kier alpha value is -1.75. The van der Waals surface area contributed by atoms with Crippen molar-refractivity contribution in [3.8, 4) is 0 Å². The molecule has 1 aromatic heterocycles. The standard InChI is InChI=1S/C18H23F2N3/c1-13(2)23-9-7-21-18(23)15-4-3-8-22(12-15)11-14-5-6-16(19)17(20)10-14/h5-7,9-10,13,15H,3-4,8,11-12H2,1-2H3/t15-/m0/s1. The molecule has 0 spiro atoms. The van der Waals surface area contributed by atoms with Gasteiger partial charge < -0.3 is 4.57 Å². The first-order chi connectivity index (χ1) is 11.0. The van der Waals surface area contributed by atoms with Crippen molar-refractivity contribution >= 4 is 0 Å². The lowest BCUT2D eigenvalue weighted by atomic mass is 9.96. The van der Waals surface area contributed by atoms with Gasteiger partial charge in [-0.1, -0.05) is 6.07 Å². The molecule has 0 aliphatic carbocycles. The van der Waals surface area contributed by atoms with Crippen molar-refractivity contribution in [2.24, 2.45) is 0 Å². The maximum absolute atomic E-state index is 13.4. The minimum atomic E-state index is -0.788. The van der Waals surface area contributed by atoms with Crippen molar-refractivity contribution in [3.63, 3.8) is 0 Å². The van der Waals surface area contributed by atoms with Gasteiger partial charge in [0.05, 0.1) is 0 Å². The summed E-state index contributed by atoms with van der Waals surface area (Å²) in [5.41, 5.74) is 0.816. The summed E-state index contributed by atoms with van der Waals surface area (Å²) in [6, 6.07) is 4.57. The Bertz CT molecular complexity index is 666. The van der Waals surface area contributed by atoms with E-state index < -0.39 is 11.6 Å². The quantitative estimate of drug-likeness (QED) is 0.845. The third-order valence-corrected chi connectivity index (χ3v) is 4.52. The molecule has 0 N–H and O–H groups in total. The molecule has 1 saturated heterocycles. The Morgan fingerprint density at radius 2 is 2.09 bits per heavy atom. The number of halogens is 2. The van der Waals surface area contributed by atoms with Crippen molar-refractivity contribution in [1.29, 1.82) is 0 Å². The number of rotatable bonds is 4. The highest BCUT2D eigenvalue weighted by atomic mass is 19.2. The predicted molar refractivity (Wildman–Crippen MR) is 86.2 cm³/mol. The van der Waals surface area contributed by atoms with E-state index in [1.807, 2.05) is 12.4 Å². The average molecular weight is 319 g/mol. The zero-order chi connectivity index (χ0) is 16.4. The number of benzene rings is 1. The zero-order valence-corrected chi connectivity index (χ0v) is 13.7. The molecule has 1 aromatic carbocycles. The molecule has 0 bridgehead atoms. The minimum absolute atomic E-state index is 0.395. The van der Waals surface area contributed by atoms with Crippen LogP contribution in [0.4, 0.5) is 8.78 Å². The van der Waals surface area contributed by atoms with Gasteiger partial charge in [0.25, 0.3) is 0 Å². The molecule has 2 aromatic rings. The van der Waals surface area contributed by atoms with E-state index in [0.29, 0.717) is 18.5 Å². The highest BCUT2D eigenvalue weighted by molar-refractivity contribution is 5.18. The summed E-state index contributed by atoms with van der Waals surface area (Å²) in [4.78, 5) is 6.86. The molecule has 1 fully saturated rings. The second-order valence-corrected chi connectivity index (χ2v) is 6.61. The Kier molecular flexibility index (Phi) is 4.76. The molecule has 23 heavy (non-hydrogen) atoms. The first-order valence-corrected chi connectivity index (χ1v) is 8.23. The molecule has 124 valence electrons. The van der Waals surface area contributed by atoms with E-state index >= 15 is 0 Å². The third-order valence-electron chi connectivity index (χ3n) is 4.52. The van der Waals surface area contributed by atoms with E-state index in [9.17, 15) is 8.78 Å². The number of likely N-dealkylation sites (tertiary alicyclic amines) is 1. The fourth-order valence-electron chi connectivity index (χ4n) is 3.38.